The number of carboxylic acid groups (broad SMARTS) is 1. The molecule has 6 nitrogen and oxygen atoms in total. The van der Waals surface area contributed by atoms with Crippen molar-refractivity contribution in [1.29, 1.82) is 0 Å². The van der Waals surface area contributed by atoms with E-state index in [9.17, 15) is 27.5 Å². The molecule has 0 unspecified atom stereocenters. The van der Waals surface area contributed by atoms with Gasteiger partial charge in [-0.15, -0.1) is 11.3 Å². The number of benzene rings is 1. The van der Waals surface area contributed by atoms with Gasteiger partial charge in [-0.3, -0.25) is 0 Å². The van der Waals surface area contributed by atoms with Crippen LogP contribution in [0.25, 0.3) is 17.3 Å². The van der Waals surface area contributed by atoms with E-state index in [0.717, 1.165) is 11.4 Å². The van der Waals surface area contributed by atoms with Crippen molar-refractivity contribution >= 4 is 29.5 Å². The molecule has 146 valence electrons. The molecule has 28 heavy (non-hydrogen) atoms. The number of phenolic OH excluding ortho intramolecular Hbond substituents is 1. The summed E-state index contributed by atoms with van der Waals surface area (Å²) in [5.41, 5.74) is -0.977. The molecule has 0 aliphatic carbocycles. The van der Waals surface area contributed by atoms with Crippen LogP contribution in [0, 0.1) is 0 Å². The number of alkyl halides is 4. The summed E-state index contributed by atoms with van der Waals surface area (Å²) >= 11 is 0.681. The van der Waals surface area contributed by atoms with E-state index in [4.69, 9.17) is 5.11 Å². The fourth-order valence-electron chi connectivity index (χ4n) is 2.20. The number of hydrogen-bond donors (Lipinski definition) is 2. The molecule has 0 radical (unpaired) electrons. The van der Waals surface area contributed by atoms with Gasteiger partial charge in [-0.25, -0.2) is 23.2 Å². The molecule has 0 spiro atoms. The summed E-state index contributed by atoms with van der Waals surface area (Å²) in [7, 11) is 0. The smallest absolute Gasteiger partial charge is 0.355 e. The van der Waals surface area contributed by atoms with Gasteiger partial charge in [-0.05, 0) is 29.8 Å². The zero-order chi connectivity index (χ0) is 20.5. The lowest BCUT2D eigenvalue weighted by Crippen LogP contribution is -2.27. The summed E-state index contributed by atoms with van der Waals surface area (Å²) in [6.07, 6.45) is -1.18. The molecule has 3 rings (SSSR count). The minimum atomic E-state index is -4.52. The van der Waals surface area contributed by atoms with Gasteiger partial charge in [-0.1, -0.05) is 18.2 Å². The number of thiazole rings is 1. The highest BCUT2D eigenvalue weighted by Gasteiger charge is 2.46. The van der Waals surface area contributed by atoms with E-state index in [1.165, 1.54) is 24.3 Å². The molecular formula is C17H11F4N3O3S. The highest BCUT2D eigenvalue weighted by molar-refractivity contribution is 7.12. The van der Waals surface area contributed by atoms with Crippen molar-refractivity contribution in [2.75, 3.05) is 0 Å². The largest absolute Gasteiger partial charge is 0.508 e. The van der Waals surface area contributed by atoms with Crippen LogP contribution in [0.4, 0.5) is 17.6 Å². The quantitative estimate of drug-likeness (QED) is 0.590. The molecule has 0 aliphatic heterocycles. The number of halogens is 4. The Labute approximate surface area is 159 Å². The Kier molecular flexibility index (Phi) is 5.18. The van der Waals surface area contributed by atoms with Gasteiger partial charge in [0, 0.05) is 5.38 Å². The Morgan fingerprint density at radius 3 is 2.46 bits per heavy atom. The normalized spacial score (nSPS) is 12.2. The third-order valence-corrected chi connectivity index (χ3v) is 4.39. The van der Waals surface area contributed by atoms with Crippen molar-refractivity contribution in [3.8, 4) is 10.9 Å². The maximum absolute atomic E-state index is 14.0. The van der Waals surface area contributed by atoms with Crippen LogP contribution < -0.4 is 0 Å². The third kappa shape index (κ3) is 3.88. The van der Waals surface area contributed by atoms with Crippen LogP contribution in [0.2, 0.25) is 0 Å². The summed E-state index contributed by atoms with van der Waals surface area (Å²) in [6, 6.07) is 6.72. The SMILES string of the molecule is O=C(O)c1csc(-n2nc(C=Cc3ccc(O)cc3)cc2C(F)(F)C(F)F)n1. The lowest BCUT2D eigenvalue weighted by Gasteiger charge is -2.15. The van der Waals surface area contributed by atoms with Crippen molar-refractivity contribution in [2.24, 2.45) is 0 Å². The molecule has 2 N–H and O–H groups in total. The van der Waals surface area contributed by atoms with E-state index in [-0.39, 0.29) is 16.6 Å². The lowest BCUT2D eigenvalue weighted by atomic mass is 10.2. The van der Waals surface area contributed by atoms with Crippen molar-refractivity contribution in [2.45, 2.75) is 12.3 Å². The lowest BCUT2D eigenvalue weighted by molar-refractivity contribution is -0.139. The Bertz CT molecular complexity index is 1030. The van der Waals surface area contributed by atoms with Gasteiger partial charge in [-0.2, -0.15) is 13.9 Å². The van der Waals surface area contributed by atoms with E-state index in [1.54, 1.807) is 12.1 Å². The van der Waals surface area contributed by atoms with Gasteiger partial charge in [0.05, 0.1) is 5.69 Å². The number of carbonyl (C=O) groups is 1. The summed E-state index contributed by atoms with van der Waals surface area (Å²) in [5.74, 6) is -5.87. The minimum Gasteiger partial charge on any atom is -0.508 e. The van der Waals surface area contributed by atoms with E-state index in [1.807, 2.05) is 0 Å². The van der Waals surface area contributed by atoms with Crippen LogP contribution in [0.5, 0.6) is 5.75 Å². The first-order valence-corrected chi connectivity index (χ1v) is 8.49. The van der Waals surface area contributed by atoms with Crippen LogP contribution in [0.3, 0.4) is 0 Å². The Morgan fingerprint density at radius 1 is 1.21 bits per heavy atom. The van der Waals surface area contributed by atoms with Crippen LogP contribution >= 0.6 is 11.3 Å². The second kappa shape index (κ2) is 7.43. The zero-order valence-electron chi connectivity index (χ0n) is 13.8. The first kappa shape index (κ1) is 19.5. The Hall–Kier alpha value is -3.21. The standard InChI is InChI=1S/C17H11F4N3O3S/c18-15(19)17(20,21)13-7-10(4-1-9-2-5-11(25)6-3-9)23-24(13)16-22-12(8-28-16)14(26)27/h1-8,15,25H,(H,26,27). The van der Waals surface area contributed by atoms with Gasteiger partial charge >= 0.3 is 18.3 Å². The summed E-state index contributed by atoms with van der Waals surface area (Å²) < 4.78 is 54.3. The predicted molar refractivity (Wildman–Crippen MR) is 93.1 cm³/mol. The molecule has 0 atom stereocenters. The molecule has 11 heteroatoms. The van der Waals surface area contributed by atoms with Gasteiger partial charge in [0.1, 0.15) is 11.4 Å². The molecule has 0 amide bonds. The molecule has 1 aromatic carbocycles. The number of aromatic carboxylic acids is 1. The number of nitrogens with zero attached hydrogens (tertiary/aromatic N) is 3. The monoisotopic (exact) mass is 413 g/mol. The van der Waals surface area contributed by atoms with Crippen LogP contribution in [-0.2, 0) is 5.92 Å². The van der Waals surface area contributed by atoms with Gasteiger partial charge in [0.15, 0.2) is 5.69 Å². The first-order valence-electron chi connectivity index (χ1n) is 7.61. The van der Waals surface area contributed by atoms with Crippen LogP contribution in [0.15, 0.2) is 35.7 Å². The van der Waals surface area contributed by atoms with Crippen LogP contribution in [-0.4, -0.2) is 37.4 Å². The molecule has 2 heterocycles. The fourth-order valence-corrected chi connectivity index (χ4v) is 2.96. The summed E-state index contributed by atoms with van der Waals surface area (Å²) in [5, 5.41) is 22.8. The molecule has 0 aliphatic rings. The highest BCUT2D eigenvalue weighted by atomic mass is 32.1. The number of hydrogen-bond acceptors (Lipinski definition) is 5. The van der Waals surface area contributed by atoms with Crippen molar-refractivity contribution in [3.05, 3.63) is 58.4 Å². The van der Waals surface area contributed by atoms with E-state index >= 15 is 0 Å². The van der Waals surface area contributed by atoms with Gasteiger partial charge in [0.25, 0.3) is 0 Å². The zero-order valence-corrected chi connectivity index (χ0v) is 14.6. The topological polar surface area (TPSA) is 88.2 Å². The number of aromatic hydroxyl groups is 1. The average molecular weight is 413 g/mol. The molecule has 0 bridgehead atoms. The molecular weight excluding hydrogens is 402 g/mol. The number of rotatable bonds is 6. The molecule has 0 saturated carbocycles. The van der Waals surface area contributed by atoms with Gasteiger partial charge < -0.3 is 10.2 Å². The Morgan fingerprint density at radius 2 is 1.89 bits per heavy atom. The number of aromatic nitrogens is 3. The van der Waals surface area contributed by atoms with Gasteiger partial charge in [0.2, 0.25) is 5.13 Å². The Balaban J connectivity index is 2.04. The maximum atomic E-state index is 14.0. The summed E-state index contributed by atoms with van der Waals surface area (Å²) in [4.78, 5) is 14.6. The fraction of sp³-hybridized carbons (Fsp3) is 0.118. The molecule has 0 fully saturated rings. The van der Waals surface area contributed by atoms with Crippen molar-refractivity contribution in [1.82, 2.24) is 14.8 Å². The second-order valence-corrected chi connectivity index (χ2v) is 6.37. The maximum Gasteiger partial charge on any atom is 0.355 e. The predicted octanol–water partition coefficient (Wildman–Crippen LogP) is 4.26. The minimum absolute atomic E-state index is 0.0401. The average Bonchev–Trinajstić information content (AvgIpc) is 3.28. The van der Waals surface area contributed by atoms with Crippen molar-refractivity contribution in [3.63, 3.8) is 0 Å². The van der Waals surface area contributed by atoms with E-state index in [2.05, 4.69) is 10.1 Å². The highest BCUT2D eigenvalue weighted by Crippen LogP contribution is 2.36. The molecule has 3 aromatic rings. The van der Waals surface area contributed by atoms with Crippen molar-refractivity contribution < 1.29 is 32.6 Å². The van der Waals surface area contributed by atoms with Crippen LogP contribution in [0.1, 0.15) is 27.4 Å². The molecule has 0 saturated heterocycles. The number of carboxylic acids is 1. The number of phenols is 1. The third-order valence-electron chi connectivity index (χ3n) is 3.58. The first-order chi connectivity index (χ1) is 13.2. The summed E-state index contributed by atoms with van der Waals surface area (Å²) in [6.45, 7) is 0. The van der Waals surface area contributed by atoms with E-state index in [0.29, 0.717) is 21.6 Å². The second-order valence-electron chi connectivity index (χ2n) is 5.54. The molecule has 2 aromatic heterocycles. The van der Waals surface area contributed by atoms with E-state index < -0.39 is 29.7 Å².